The molecule has 4 rings (SSSR count). The third-order valence-electron chi connectivity index (χ3n) is 4.91. The summed E-state index contributed by atoms with van der Waals surface area (Å²) in [5, 5.41) is 11.7. The molecule has 30 heavy (non-hydrogen) atoms. The summed E-state index contributed by atoms with van der Waals surface area (Å²) in [7, 11) is 1.61. The van der Waals surface area contributed by atoms with Crippen molar-refractivity contribution in [2.45, 2.75) is 19.4 Å². The van der Waals surface area contributed by atoms with Gasteiger partial charge in [0.2, 0.25) is 5.91 Å². The summed E-state index contributed by atoms with van der Waals surface area (Å²) in [6, 6.07) is 12.3. The fourth-order valence-corrected chi connectivity index (χ4v) is 3.55. The van der Waals surface area contributed by atoms with Crippen LogP contribution in [0.4, 0.5) is 5.69 Å². The maximum Gasteiger partial charge on any atom is 0.312 e. The summed E-state index contributed by atoms with van der Waals surface area (Å²) in [4.78, 5) is 40.0. The first kappa shape index (κ1) is 19.4. The third-order valence-corrected chi connectivity index (χ3v) is 4.91. The molecule has 0 bridgehead atoms. The number of para-hydroxylation sites is 1. The topological polar surface area (TPSA) is 111 Å². The highest BCUT2D eigenvalue weighted by molar-refractivity contribution is 6.02. The normalized spacial score (nSPS) is 14.0. The third kappa shape index (κ3) is 3.67. The number of hydrogen-bond donors (Lipinski definition) is 2. The molecule has 0 spiro atoms. The Kier molecular flexibility index (Phi) is 5.05. The predicted octanol–water partition coefficient (Wildman–Crippen LogP) is 2.76. The molecule has 0 atom stereocenters. The molecule has 1 aliphatic rings. The van der Waals surface area contributed by atoms with Gasteiger partial charge in [-0.1, -0.05) is 18.2 Å². The summed E-state index contributed by atoms with van der Waals surface area (Å²) >= 11 is 0. The number of nitrogens with one attached hydrogen (secondary N) is 1. The maximum atomic E-state index is 12.9. The molecule has 1 aromatic heterocycles. The monoisotopic (exact) mass is 405 g/mol. The Morgan fingerprint density at radius 3 is 2.83 bits per heavy atom. The number of carbonyl (C=O) groups excluding carboxylic acids is 1. The van der Waals surface area contributed by atoms with E-state index in [0.717, 1.165) is 16.9 Å². The number of fused-ring (bicyclic) bond motifs is 2. The molecule has 0 fully saturated rings. The lowest BCUT2D eigenvalue weighted by Gasteiger charge is -2.09. The number of benzene rings is 2. The smallest absolute Gasteiger partial charge is 0.312 e. The van der Waals surface area contributed by atoms with Gasteiger partial charge in [-0.2, -0.15) is 0 Å². The van der Waals surface area contributed by atoms with Crippen molar-refractivity contribution in [3.05, 3.63) is 64.2 Å². The largest absolute Gasteiger partial charge is 0.496 e. The quantitative estimate of drug-likeness (QED) is 0.632. The first-order valence-electron chi connectivity index (χ1n) is 9.36. The Balaban J connectivity index is 1.76. The van der Waals surface area contributed by atoms with E-state index in [1.54, 1.807) is 29.9 Å². The number of ether oxygens (including phenoxy) is 1. The lowest BCUT2D eigenvalue weighted by molar-refractivity contribution is -0.139. The van der Waals surface area contributed by atoms with E-state index in [1.807, 2.05) is 30.3 Å². The number of anilines is 1. The number of allylic oxidation sites excluding steroid dienone is 1. The van der Waals surface area contributed by atoms with E-state index in [4.69, 9.17) is 9.84 Å². The standard InChI is InChI=1S/C22H19N3O5/c1-30-18-5-3-2-4-13(18)10-14-8-9-25-21(14)24-17-11-15(6-7-16(17)22(25)29)23-19(26)12-20(27)28/h2-7,10-11H,8-9,12H2,1H3,(H,23,26)(H,27,28). The Morgan fingerprint density at radius 1 is 1.27 bits per heavy atom. The Morgan fingerprint density at radius 2 is 2.07 bits per heavy atom. The van der Waals surface area contributed by atoms with Crippen molar-refractivity contribution in [1.29, 1.82) is 0 Å². The second-order valence-corrected chi connectivity index (χ2v) is 6.90. The molecule has 0 saturated carbocycles. The van der Waals surface area contributed by atoms with Crippen LogP contribution >= 0.6 is 0 Å². The molecule has 8 nitrogen and oxygen atoms in total. The summed E-state index contributed by atoms with van der Waals surface area (Å²) in [6.07, 6.45) is 2.00. The van der Waals surface area contributed by atoms with Crippen LogP contribution in [0.5, 0.6) is 5.75 Å². The van der Waals surface area contributed by atoms with Crippen LogP contribution in [-0.4, -0.2) is 33.6 Å². The molecule has 0 saturated heterocycles. The van der Waals surface area contributed by atoms with E-state index in [1.165, 1.54) is 0 Å². The number of nitrogens with zero attached hydrogens (tertiary/aromatic N) is 2. The highest BCUT2D eigenvalue weighted by Crippen LogP contribution is 2.30. The summed E-state index contributed by atoms with van der Waals surface area (Å²) in [6.45, 7) is 0.537. The van der Waals surface area contributed by atoms with Gasteiger partial charge in [-0.15, -0.1) is 0 Å². The van der Waals surface area contributed by atoms with E-state index >= 15 is 0 Å². The van der Waals surface area contributed by atoms with Crippen LogP contribution in [0, 0.1) is 0 Å². The maximum absolute atomic E-state index is 12.9. The summed E-state index contributed by atoms with van der Waals surface area (Å²) in [5.74, 6) is -0.549. The van der Waals surface area contributed by atoms with Crippen molar-refractivity contribution in [3.63, 3.8) is 0 Å². The first-order valence-corrected chi connectivity index (χ1v) is 9.36. The number of rotatable bonds is 5. The molecule has 1 aliphatic heterocycles. The number of methoxy groups -OCH3 is 1. The van der Waals surface area contributed by atoms with Crippen molar-refractivity contribution in [3.8, 4) is 5.75 Å². The second kappa shape index (κ2) is 7.82. The minimum absolute atomic E-state index is 0.151. The Labute approximate surface area is 171 Å². The van der Waals surface area contributed by atoms with Gasteiger partial charge in [0, 0.05) is 17.8 Å². The number of aliphatic carboxylic acids is 1. The van der Waals surface area contributed by atoms with Crippen molar-refractivity contribution in [1.82, 2.24) is 9.55 Å². The van der Waals surface area contributed by atoms with E-state index in [0.29, 0.717) is 35.4 Å². The minimum atomic E-state index is -1.21. The molecule has 3 aromatic rings. The Bertz CT molecular complexity index is 1260. The van der Waals surface area contributed by atoms with E-state index in [-0.39, 0.29) is 5.56 Å². The summed E-state index contributed by atoms with van der Waals surface area (Å²) in [5.41, 5.74) is 2.49. The minimum Gasteiger partial charge on any atom is -0.496 e. The van der Waals surface area contributed by atoms with Gasteiger partial charge in [-0.05, 0) is 42.3 Å². The van der Waals surface area contributed by atoms with Gasteiger partial charge in [0.25, 0.3) is 5.56 Å². The molecule has 2 heterocycles. The van der Waals surface area contributed by atoms with Gasteiger partial charge in [-0.25, -0.2) is 4.98 Å². The fourth-order valence-electron chi connectivity index (χ4n) is 3.55. The van der Waals surface area contributed by atoms with Gasteiger partial charge in [0.1, 0.15) is 18.0 Å². The van der Waals surface area contributed by atoms with Crippen LogP contribution in [0.2, 0.25) is 0 Å². The van der Waals surface area contributed by atoms with Crippen LogP contribution in [0.3, 0.4) is 0 Å². The average molecular weight is 405 g/mol. The van der Waals surface area contributed by atoms with Gasteiger partial charge < -0.3 is 15.2 Å². The highest BCUT2D eigenvalue weighted by atomic mass is 16.5. The fraction of sp³-hybridized carbons (Fsp3) is 0.182. The number of hydrogen-bond acceptors (Lipinski definition) is 5. The molecule has 2 aromatic carbocycles. The molecular formula is C22H19N3O5. The lowest BCUT2D eigenvalue weighted by atomic mass is 10.1. The second-order valence-electron chi connectivity index (χ2n) is 6.90. The summed E-state index contributed by atoms with van der Waals surface area (Å²) < 4.78 is 7.05. The number of aromatic nitrogens is 2. The first-order chi connectivity index (χ1) is 14.5. The number of amides is 1. The van der Waals surface area contributed by atoms with Gasteiger partial charge >= 0.3 is 5.97 Å². The molecule has 0 radical (unpaired) electrons. The average Bonchev–Trinajstić information content (AvgIpc) is 3.10. The lowest BCUT2D eigenvalue weighted by Crippen LogP contribution is -2.21. The predicted molar refractivity (Wildman–Crippen MR) is 112 cm³/mol. The van der Waals surface area contributed by atoms with Gasteiger partial charge in [0.05, 0.1) is 18.0 Å². The number of carboxylic acids is 1. The van der Waals surface area contributed by atoms with Gasteiger partial charge in [-0.3, -0.25) is 19.0 Å². The number of carbonyl (C=O) groups is 2. The van der Waals surface area contributed by atoms with Crippen LogP contribution in [0.15, 0.2) is 47.3 Å². The zero-order valence-electron chi connectivity index (χ0n) is 16.2. The van der Waals surface area contributed by atoms with Gasteiger partial charge in [0.15, 0.2) is 0 Å². The van der Waals surface area contributed by atoms with E-state index in [2.05, 4.69) is 10.3 Å². The van der Waals surface area contributed by atoms with Crippen molar-refractivity contribution in [2.24, 2.45) is 0 Å². The Hall–Kier alpha value is -3.94. The zero-order chi connectivity index (χ0) is 21.3. The molecular weight excluding hydrogens is 386 g/mol. The highest BCUT2D eigenvalue weighted by Gasteiger charge is 2.21. The van der Waals surface area contributed by atoms with Crippen LogP contribution < -0.4 is 15.6 Å². The molecule has 0 unspecified atom stereocenters. The van der Waals surface area contributed by atoms with Crippen LogP contribution in [0.1, 0.15) is 24.2 Å². The van der Waals surface area contributed by atoms with E-state index < -0.39 is 18.3 Å². The molecule has 8 heteroatoms. The van der Waals surface area contributed by atoms with Crippen LogP contribution in [0.25, 0.3) is 22.6 Å². The SMILES string of the molecule is COc1ccccc1C=C1CCn2c1nc1cc(NC(=O)CC(=O)O)ccc1c2=O. The van der Waals surface area contributed by atoms with E-state index in [9.17, 15) is 14.4 Å². The molecule has 1 amide bonds. The molecule has 152 valence electrons. The van der Waals surface area contributed by atoms with Crippen LogP contribution in [-0.2, 0) is 16.1 Å². The van der Waals surface area contributed by atoms with Crippen molar-refractivity contribution in [2.75, 3.05) is 12.4 Å². The van der Waals surface area contributed by atoms with Crippen molar-refractivity contribution < 1.29 is 19.4 Å². The van der Waals surface area contributed by atoms with Crippen molar-refractivity contribution >= 4 is 40.1 Å². The zero-order valence-corrected chi connectivity index (χ0v) is 16.2. The molecule has 0 aliphatic carbocycles. The number of carboxylic acid groups (broad SMARTS) is 1. The molecule has 2 N–H and O–H groups in total.